The molecule has 0 aromatic heterocycles. The Labute approximate surface area is 150 Å². The molecule has 0 spiro atoms. The molecule has 1 fully saturated rings. The number of hydrogen-bond acceptors (Lipinski definition) is 6. The SMILES string of the molecule is C#CCOCCOc1cccc2c1C(=O)C(C1CCC(=O)NC1=O)C2=O. The van der Waals surface area contributed by atoms with Crippen molar-refractivity contribution in [3.05, 3.63) is 29.3 Å². The van der Waals surface area contributed by atoms with Crippen LogP contribution in [0.2, 0.25) is 0 Å². The highest BCUT2D eigenvalue weighted by Crippen LogP contribution is 2.39. The molecule has 1 aliphatic carbocycles. The third-order valence-electron chi connectivity index (χ3n) is 4.46. The van der Waals surface area contributed by atoms with Crippen molar-refractivity contribution in [2.75, 3.05) is 19.8 Å². The van der Waals surface area contributed by atoms with Crippen LogP contribution in [-0.4, -0.2) is 43.2 Å². The predicted octanol–water partition coefficient (Wildman–Crippen LogP) is 0.763. The number of ketones is 2. The molecule has 7 nitrogen and oxygen atoms in total. The quantitative estimate of drug-likeness (QED) is 0.350. The number of nitrogens with one attached hydrogen (secondary N) is 1. The molecular formula is C19H17NO6. The number of ether oxygens (including phenoxy) is 2. The van der Waals surface area contributed by atoms with Crippen LogP contribution >= 0.6 is 0 Å². The van der Waals surface area contributed by atoms with E-state index in [4.69, 9.17) is 15.9 Å². The van der Waals surface area contributed by atoms with E-state index < -0.39 is 35.2 Å². The summed E-state index contributed by atoms with van der Waals surface area (Å²) >= 11 is 0. The third kappa shape index (κ3) is 3.24. The first-order chi connectivity index (χ1) is 12.5. The Hall–Kier alpha value is -2.98. The van der Waals surface area contributed by atoms with Crippen LogP contribution in [0, 0.1) is 24.2 Å². The summed E-state index contributed by atoms with van der Waals surface area (Å²) in [6, 6.07) is 4.76. The van der Waals surface area contributed by atoms with Gasteiger partial charge in [0.1, 0.15) is 19.0 Å². The van der Waals surface area contributed by atoms with Crippen LogP contribution in [0.5, 0.6) is 5.75 Å². The van der Waals surface area contributed by atoms with E-state index in [0.717, 1.165) is 0 Å². The van der Waals surface area contributed by atoms with Crippen molar-refractivity contribution in [1.82, 2.24) is 5.32 Å². The van der Waals surface area contributed by atoms with Crippen molar-refractivity contribution in [2.24, 2.45) is 11.8 Å². The van der Waals surface area contributed by atoms with Gasteiger partial charge in [-0.15, -0.1) is 6.42 Å². The summed E-state index contributed by atoms with van der Waals surface area (Å²) in [5.74, 6) is -1.16. The smallest absolute Gasteiger partial charge is 0.230 e. The number of rotatable bonds is 6. The van der Waals surface area contributed by atoms with E-state index in [1.807, 2.05) is 0 Å². The number of Topliss-reactive ketones (excluding diaryl/α,β-unsaturated/α-hetero) is 2. The van der Waals surface area contributed by atoms with Gasteiger partial charge in [-0.2, -0.15) is 0 Å². The average Bonchev–Trinajstić information content (AvgIpc) is 2.87. The van der Waals surface area contributed by atoms with Crippen molar-refractivity contribution in [3.63, 3.8) is 0 Å². The van der Waals surface area contributed by atoms with Crippen LogP contribution in [0.25, 0.3) is 0 Å². The van der Waals surface area contributed by atoms with E-state index >= 15 is 0 Å². The number of fused-ring (bicyclic) bond motifs is 1. The fourth-order valence-electron chi connectivity index (χ4n) is 3.29. The Balaban J connectivity index is 1.79. The molecule has 0 saturated carbocycles. The second kappa shape index (κ2) is 7.50. The van der Waals surface area contributed by atoms with E-state index in [0.29, 0.717) is 0 Å². The largest absolute Gasteiger partial charge is 0.490 e. The monoisotopic (exact) mass is 355 g/mol. The maximum Gasteiger partial charge on any atom is 0.230 e. The van der Waals surface area contributed by atoms with E-state index in [-0.39, 0.29) is 49.5 Å². The molecule has 0 bridgehead atoms. The molecule has 2 unspecified atom stereocenters. The van der Waals surface area contributed by atoms with Gasteiger partial charge in [0.25, 0.3) is 0 Å². The van der Waals surface area contributed by atoms with Crippen molar-refractivity contribution in [1.29, 1.82) is 0 Å². The van der Waals surface area contributed by atoms with Gasteiger partial charge in [0.2, 0.25) is 11.8 Å². The van der Waals surface area contributed by atoms with Crippen LogP contribution in [0.4, 0.5) is 0 Å². The molecule has 134 valence electrons. The van der Waals surface area contributed by atoms with Gasteiger partial charge in [-0.3, -0.25) is 24.5 Å². The van der Waals surface area contributed by atoms with Gasteiger partial charge in [0.15, 0.2) is 11.6 Å². The summed E-state index contributed by atoms with van der Waals surface area (Å²) in [5.41, 5.74) is 0.427. The number of imide groups is 1. The fraction of sp³-hybridized carbons (Fsp3) is 0.368. The zero-order chi connectivity index (χ0) is 18.7. The summed E-state index contributed by atoms with van der Waals surface area (Å²) in [6.45, 7) is 0.570. The highest BCUT2D eigenvalue weighted by atomic mass is 16.5. The van der Waals surface area contributed by atoms with Crippen molar-refractivity contribution in [2.45, 2.75) is 12.8 Å². The normalized spacial score (nSPS) is 22.0. The lowest BCUT2D eigenvalue weighted by Crippen LogP contribution is -2.46. The first-order valence-electron chi connectivity index (χ1n) is 8.23. The molecule has 3 rings (SSSR count). The summed E-state index contributed by atoms with van der Waals surface area (Å²) in [6.07, 6.45) is 5.37. The van der Waals surface area contributed by atoms with E-state index in [1.54, 1.807) is 18.2 Å². The second-order valence-electron chi connectivity index (χ2n) is 6.05. The molecule has 1 aromatic rings. The minimum Gasteiger partial charge on any atom is -0.490 e. The van der Waals surface area contributed by atoms with E-state index in [9.17, 15) is 19.2 Å². The average molecular weight is 355 g/mol. The Morgan fingerprint density at radius 3 is 2.69 bits per heavy atom. The molecule has 1 aromatic carbocycles. The predicted molar refractivity (Wildman–Crippen MR) is 89.6 cm³/mol. The Morgan fingerprint density at radius 1 is 1.15 bits per heavy atom. The molecule has 7 heteroatoms. The molecule has 1 saturated heterocycles. The number of hydrogen-bond donors (Lipinski definition) is 1. The van der Waals surface area contributed by atoms with Crippen LogP contribution in [0.1, 0.15) is 33.6 Å². The molecule has 2 aliphatic rings. The Kier molecular flexibility index (Phi) is 5.14. The number of amides is 2. The van der Waals surface area contributed by atoms with Crippen molar-refractivity contribution in [3.8, 4) is 18.1 Å². The summed E-state index contributed by atoms with van der Waals surface area (Å²) in [7, 11) is 0. The minimum atomic E-state index is -1.11. The fourth-order valence-corrected chi connectivity index (χ4v) is 3.29. The highest BCUT2D eigenvalue weighted by Gasteiger charge is 2.48. The number of terminal acetylenes is 1. The maximum absolute atomic E-state index is 12.9. The van der Waals surface area contributed by atoms with Crippen LogP contribution < -0.4 is 10.1 Å². The van der Waals surface area contributed by atoms with Gasteiger partial charge in [0.05, 0.1) is 24.0 Å². The Bertz CT molecular complexity index is 822. The topological polar surface area (TPSA) is 98.8 Å². The van der Waals surface area contributed by atoms with Gasteiger partial charge in [-0.25, -0.2) is 0 Å². The van der Waals surface area contributed by atoms with Gasteiger partial charge >= 0.3 is 0 Å². The third-order valence-corrected chi connectivity index (χ3v) is 4.46. The Morgan fingerprint density at radius 2 is 1.96 bits per heavy atom. The number of carbonyl (C=O) groups is 4. The lowest BCUT2D eigenvalue weighted by atomic mass is 9.82. The number of carbonyl (C=O) groups excluding carboxylic acids is 4. The molecule has 2 atom stereocenters. The molecule has 26 heavy (non-hydrogen) atoms. The summed E-state index contributed by atoms with van der Waals surface area (Å²) in [4.78, 5) is 49.0. The van der Waals surface area contributed by atoms with Crippen LogP contribution in [0.15, 0.2) is 18.2 Å². The zero-order valence-corrected chi connectivity index (χ0v) is 13.9. The zero-order valence-electron chi connectivity index (χ0n) is 13.9. The first-order valence-corrected chi connectivity index (χ1v) is 8.23. The lowest BCUT2D eigenvalue weighted by Gasteiger charge is -2.24. The van der Waals surface area contributed by atoms with Crippen molar-refractivity contribution >= 4 is 23.4 Å². The molecule has 1 aliphatic heterocycles. The standard InChI is InChI=1S/C19H17NO6/c1-2-8-25-9-10-26-13-5-3-4-11-15(13)18(23)16(17(11)22)12-6-7-14(21)20-19(12)24/h1,3-5,12,16H,6-10H2,(H,20,21,24). The summed E-state index contributed by atoms with van der Waals surface area (Å²) in [5, 5.41) is 2.20. The second-order valence-corrected chi connectivity index (χ2v) is 6.05. The molecule has 0 radical (unpaired) electrons. The van der Waals surface area contributed by atoms with Crippen LogP contribution in [-0.2, 0) is 14.3 Å². The van der Waals surface area contributed by atoms with Gasteiger partial charge in [-0.05, 0) is 12.5 Å². The lowest BCUT2D eigenvalue weighted by molar-refractivity contribution is -0.137. The summed E-state index contributed by atoms with van der Waals surface area (Å²) < 4.78 is 10.7. The van der Waals surface area contributed by atoms with Gasteiger partial charge < -0.3 is 9.47 Å². The minimum absolute atomic E-state index is 0.111. The number of benzene rings is 1. The molecule has 1 heterocycles. The maximum atomic E-state index is 12.9. The van der Waals surface area contributed by atoms with E-state index in [2.05, 4.69) is 11.2 Å². The van der Waals surface area contributed by atoms with Gasteiger partial charge in [-0.1, -0.05) is 18.1 Å². The molecule has 1 N–H and O–H groups in total. The molecular weight excluding hydrogens is 338 g/mol. The first kappa shape index (κ1) is 17.8. The van der Waals surface area contributed by atoms with E-state index in [1.165, 1.54) is 0 Å². The molecule has 2 amide bonds. The van der Waals surface area contributed by atoms with Gasteiger partial charge in [0, 0.05) is 12.0 Å². The number of piperidine rings is 1. The van der Waals surface area contributed by atoms with Crippen LogP contribution in [0.3, 0.4) is 0 Å². The highest BCUT2D eigenvalue weighted by molar-refractivity contribution is 6.29. The van der Waals surface area contributed by atoms with Crippen molar-refractivity contribution < 1.29 is 28.7 Å².